The number of rotatable bonds is 5. The Bertz CT molecular complexity index is 821. The van der Waals surface area contributed by atoms with Gasteiger partial charge in [0.05, 0.1) is 6.04 Å². The number of hydrogen-bond acceptors (Lipinski definition) is 4. The minimum absolute atomic E-state index is 0.0215. The molecule has 3 atom stereocenters. The predicted molar refractivity (Wildman–Crippen MR) is 113 cm³/mol. The van der Waals surface area contributed by atoms with Gasteiger partial charge in [-0.2, -0.15) is 0 Å². The minimum Gasteiger partial charge on any atom is -0.381 e. The van der Waals surface area contributed by atoms with Crippen molar-refractivity contribution in [2.75, 3.05) is 39.4 Å². The van der Waals surface area contributed by atoms with Crippen LogP contribution in [0.2, 0.25) is 0 Å². The number of likely N-dealkylation sites (tertiary alicyclic amines) is 1. The van der Waals surface area contributed by atoms with Crippen LogP contribution in [0.15, 0.2) is 34.6 Å². The zero-order valence-corrected chi connectivity index (χ0v) is 17.6. The fourth-order valence-corrected chi connectivity index (χ4v) is 5.17. The molecule has 0 spiro atoms. The molecule has 29 heavy (non-hydrogen) atoms. The van der Waals surface area contributed by atoms with Crippen molar-refractivity contribution in [1.29, 1.82) is 0 Å². The molecule has 158 valence electrons. The maximum Gasteiger partial charge on any atom is 0.251 e. The van der Waals surface area contributed by atoms with E-state index in [1.165, 1.54) is 5.57 Å². The van der Waals surface area contributed by atoms with Gasteiger partial charge in [0.1, 0.15) is 0 Å². The first-order chi connectivity index (χ1) is 14.0. The van der Waals surface area contributed by atoms with Crippen molar-refractivity contribution in [1.82, 2.24) is 14.8 Å². The fourth-order valence-electron chi connectivity index (χ4n) is 5.17. The van der Waals surface area contributed by atoms with E-state index in [2.05, 4.69) is 36.2 Å². The lowest BCUT2D eigenvalue weighted by molar-refractivity contribution is -0.128. The summed E-state index contributed by atoms with van der Waals surface area (Å²) in [5, 5.41) is 3.17. The number of piperidine rings is 1. The van der Waals surface area contributed by atoms with Crippen molar-refractivity contribution in [2.24, 2.45) is 11.8 Å². The molecular weight excluding hydrogens is 366 g/mol. The number of nitrogens with one attached hydrogen (secondary N) is 1. The molecule has 4 rings (SSSR count). The monoisotopic (exact) mass is 399 g/mol. The van der Waals surface area contributed by atoms with E-state index < -0.39 is 0 Å². The van der Waals surface area contributed by atoms with Crippen LogP contribution in [0.25, 0.3) is 0 Å². The van der Waals surface area contributed by atoms with Crippen LogP contribution in [0.3, 0.4) is 0 Å². The summed E-state index contributed by atoms with van der Waals surface area (Å²) in [5.74, 6) is 0.906. The normalized spacial score (nSPS) is 27.2. The van der Waals surface area contributed by atoms with E-state index in [1.54, 1.807) is 6.07 Å². The van der Waals surface area contributed by atoms with Crippen LogP contribution >= 0.6 is 0 Å². The average molecular weight is 400 g/mol. The summed E-state index contributed by atoms with van der Waals surface area (Å²) >= 11 is 0. The maximum absolute atomic E-state index is 12.8. The minimum atomic E-state index is 0.0215. The molecule has 2 saturated heterocycles. The smallest absolute Gasteiger partial charge is 0.251 e. The summed E-state index contributed by atoms with van der Waals surface area (Å²) in [6.07, 6.45) is 4.94. The third-order valence-corrected chi connectivity index (χ3v) is 6.71. The van der Waals surface area contributed by atoms with Gasteiger partial charge < -0.3 is 14.6 Å². The summed E-state index contributed by atoms with van der Waals surface area (Å²) in [7, 11) is 0. The quantitative estimate of drug-likeness (QED) is 0.772. The van der Waals surface area contributed by atoms with Gasteiger partial charge in [-0.25, -0.2) is 0 Å². The number of carbonyl (C=O) groups is 1. The van der Waals surface area contributed by atoms with Crippen molar-refractivity contribution in [2.45, 2.75) is 45.1 Å². The maximum atomic E-state index is 12.8. The number of allylic oxidation sites excluding steroid dienone is 1. The summed E-state index contributed by atoms with van der Waals surface area (Å²) in [6.45, 7) is 9.03. The third kappa shape index (κ3) is 4.48. The van der Waals surface area contributed by atoms with Gasteiger partial charge in [-0.05, 0) is 45.1 Å². The lowest BCUT2D eigenvalue weighted by atomic mass is 9.78. The summed E-state index contributed by atoms with van der Waals surface area (Å²) in [6, 6.07) is 5.65. The summed E-state index contributed by atoms with van der Waals surface area (Å²) in [5.41, 5.74) is 2.51. The molecule has 0 saturated carbocycles. The second kappa shape index (κ2) is 8.84. The average Bonchev–Trinajstić information content (AvgIpc) is 2.73. The molecule has 2 bridgehead atoms. The summed E-state index contributed by atoms with van der Waals surface area (Å²) < 4.78 is 7.35. The molecule has 3 aliphatic rings. The van der Waals surface area contributed by atoms with Gasteiger partial charge in [0.15, 0.2) is 0 Å². The van der Waals surface area contributed by atoms with Gasteiger partial charge in [0, 0.05) is 63.0 Å². The molecule has 6 nitrogen and oxygen atoms in total. The number of amides is 1. The Morgan fingerprint density at radius 1 is 1.24 bits per heavy atom. The molecule has 0 radical (unpaired) electrons. The Hall–Kier alpha value is -1.92. The number of pyridine rings is 1. The van der Waals surface area contributed by atoms with Crippen LogP contribution < -0.4 is 10.9 Å². The highest BCUT2D eigenvalue weighted by molar-refractivity contribution is 5.78. The number of hydrogen-bond donors (Lipinski definition) is 1. The summed E-state index contributed by atoms with van der Waals surface area (Å²) in [4.78, 5) is 27.9. The Morgan fingerprint density at radius 2 is 2.03 bits per heavy atom. The highest BCUT2D eigenvalue weighted by Crippen LogP contribution is 2.40. The van der Waals surface area contributed by atoms with E-state index in [0.717, 1.165) is 44.6 Å². The highest BCUT2D eigenvalue weighted by atomic mass is 16.5. The van der Waals surface area contributed by atoms with Crippen LogP contribution in [0, 0.1) is 11.8 Å². The third-order valence-electron chi connectivity index (χ3n) is 6.71. The molecule has 1 N–H and O–H groups in total. The molecule has 3 aliphatic heterocycles. The number of ether oxygens (including phenoxy) is 1. The lowest BCUT2D eigenvalue weighted by Gasteiger charge is -2.47. The molecule has 2 fully saturated rings. The van der Waals surface area contributed by atoms with E-state index in [-0.39, 0.29) is 23.4 Å². The first-order valence-electron chi connectivity index (χ1n) is 11.0. The molecule has 1 amide bonds. The molecule has 1 aromatic heterocycles. The molecule has 0 unspecified atom stereocenters. The standard InChI is InChI=1S/C23H33N3O3/c1-16(2)6-9-25-14-18-12-19(15-25)21(26-20(18)4-3-5-22(26)27)13-24-23(28)17-7-10-29-11-8-17/h3-6,17-19,21H,7-15H2,1-2H3,(H,24,28)/t18-,19+,21+/m1/s1. The second-order valence-electron chi connectivity index (χ2n) is 9.05. The van der Waals surface area contributed by atoms with Crippen LogP contribution in [-0.2, 0) is 9.53 Å². The molecule has 4 heterocycles. The van der Waals surface area contributed by atoms with Gasteiger partial charge >= 0.3 is 0 Å². The van der Waals surface area contributed by atoms with Crippen molar-refractivity contribution < 1.29 is 9.53 Å². The molecule has 0 aliphatic carbocycles. The fraction of sp³-hybridized carbons (Fsp3) is 0.652. The Balaban J connectivity index is 1.53. The van der Waals surface area contributed by atoms with Crippen molar-refractivity contribution in [3.63, 3.8) is 0 Å². The van der Waals surface area contributed by atoms with E-state index >= 15 is 0 Å². The van der Waals surface area contributed by atoms with Crippen LogP contribution in [0.5, 0.6) is 0 Å². The lowest BCUT2D eigenvalue weighted by Crippen LogP contribution is -2.52. The van der Waals surface area contributed by atoms with Gasteiger partial charge in [0.25, 0.3) is 5.56 Å². The van der Waals surface area contributed by atoms with Crippen molar-refractivity contribution in [3.05, 3.63) is 45.9 Å². The van der Waals surface area contributed by atoms with Crippen LogP contribution in [0.1, 0.15) is 50.8 Å². The van der Waals surface area contributed by atoms with E-state index in [0.29, 0.717) is 31.6 Å². The first kappa shape index (κ1) is 20.4. The van der Waals surface area contributed by atoms with Gasteiger partial charge in [-0.3, -0.25) is 14.5 Å². The number of aromatic nitrogens is 1. The van der Waals surface area contributed by atoms with Gasteiger partial charge in [-0.15, -0.1) is 0 Å². The number of fused-ring (bicyclic) bond motifs is 4. The SMILES string of the molecule is CC(C)=CCN1C[C@H]2C[C@@H](C1)[C@H](CNC(=O)C1CCOCC1)n1c2cccc1=O. The van der Waals surface area contributed by atoms with Crippen molar-refractivity contribution in [3.8, 4) is 0 Å². The molecule has 1 aromatic rings. The number of nitrogens with zero attached hydrogens (tertiary/aromatic N) is 2. The largest absolute Gasteiger partial charge is 0.381 e. The number of carbonyl (C=O) groups excluding carboxylic acids is 1. The Morgan fingerprint density at radius 3 is 2.79 bits per heavy atom. The highest BCUT2D eigenvalue weighted by Gasteiger charge is 2.40. The Labute approximate surface area is 172 Å². The zero-order chi connectivity index (χ0) is 20.4. The predicted octanol–water partition coefficient (Wildman–Crippen LogP) is 2.32. The molecule has 0 aromatic carbocycles. The van der Waals surface area contributed by atoms with Crippen LogP contribution in [-0.4, -0.2) is 54.8 Å². The van der Waals surface area contributed by atoms with E-state index in [1.807, 2.05) is 10.6 Å². The Kier molecular flexibility index (Phi) is 6.20. The molecular formula is C23H33N3O3. The van der Waals surface area contributed by atoms with E-state index in [9.17, 15) is 9.59 Å². The topological polar surface area (TPSA) is 63.6 Å². The molecule has 6 heteroatoms. The van der Waals surface area contributed by atoms with Crippen LogP contribution in [0.4, 0.5) is 0 Å². The first-order valence-corrected chi connectivity index (χ1v) is 11.0. The second-order valence-corrected chi connectivity index (χ2v) is 9.05. The zero-order valence-electron chi connectivity index (χ0n) is 17.6. The van der Waals surface area contributed by atoms with Gasteiger partial charge in [-0.1, -0.05) is 17.7 Å². The van der Waals surface area contributed by atoms with E-state index in [4.69, 9.17) is 4.74 Å². The van der Waals surface area contributed by atoms with Crippen molar-refractivity contribution >= 4 is 5.91 Å². The van der Waals surface area contributed by atoms with Gasteiger partial charge in [0.2, 0.25) is 5.91 Å².